The van der Waals surface area contributed by atoms with Crippen LogP contribution < -0.4 is 5.73 Å². The second kappa shape index (κ2) is 8.35. The molecule has 1 spiro atoms. The number of hydrogen-bond acceptors (Lipinski definition) is 3. The number of nitrogens with two attached hydrogens (primary N) is 1. The van der Waals surface area contributed by atoms with Crippen LogP contribution in [0.1, 0.15) is 31.2 Å². The molecule has 21 heavy (non-hydrogen) atoms. The minimum atomic E-state index is 0. The Hall–Kier alpha value is -0.320. The van der Waals surface area contributed by atoms with Gasteiger partial charge in [-0.05, 0) is 31.2 Å². The fraction of sp³-hybridized carbons (Fsp3) is 0.625. The van der Waals surface area contributed by atoms with Gasteiger partial charge in [0.25, 0.3) is 0 Å². The lowest BCUT2D eigenvalue weighted by Gasteiger charge is -2.45. The van der Waals surface area contributed by atoms with E-state index in [1.54, 1.807) is 0 Å². The van der Waals surface area contributed by atoms with Gasteiger partial charge in [-0.2, -0.15) is 0 Å². The summed E-state index contributed by atoms with van der Waals surface area (Å²) in [6.45, 7) is 4.16. The van der Waals surface area contributed by atoms with Crippen LogP contribution in [0.3, 0.4) is 0 Å². The molecule has 2 N–H and O–H groups in total. The lowest BCUT2D eigenvalue weighted by molar-refractivity contribution is -0.116. The average molecular weight is 333 g/mol. The minimum absolute atomic E-state index is 0. The zero-order valence-electron chi connectivity index (χ0n) is 12.4. The number of benzene rings is 1. The zero-order valence-corrected chi connectivity index (χ0v) is 14.0. The van der Waals surface area contributed by atoms with Crippen LogP contribution >= 0.6 is 24.8 Å². The average Bonchev–Trinajstić information content (AvgIpc) is 2.43. The Balaban J connectivity index is 0.00000110. The van der Waals surface area contributed by atoms with E-state index in [1.165, 1.54) is 5.56 Å². The first-order valence-corrected chi connectivity index (χ1v) is 7.42. The summed E-state index contributed by atoms with van der Waals surface area (Å²) in [5.74, 6) is 0. The molecule has 0 amide bonds. The van der Waals surface area contributed by atoms with Crippen molar-refractivity contribution in [2.24, 2.45) is 5.73 Å². The van der Waals surface area contributed by atoms with Crippen molar-refractivity contribution in [1.82, 2.24) is 4.90 Å². The van der Waals surface area contributed by atoms with Crippen molar-refractivity contribution in [3.8, 4) is 0 Å². The fourth-order valence-electron chi connectivity index (χ4n) is 3.37. The Morgan fingerprint density at radius 1 is 1.14 bits per heavy atom. The monoisotopic (exact) mass is 332 g/mol. The van der Waals surface area contributed by atoms with E-state index < -0.39 is 0 Å². The molecule has 120 valence electrons. The Morgan fingerprint density at radius 3 is 2.43 bits per heavy atom. The van der Waals surface area contributed by atoms with Gasteiger partial charge in [0.1, 0.15) is 0 Å². The quantitative estimate of drug-likeness (QED) is 0.904. The highest BCUT2D eigenvalue weighted by Crippen LogP contribution is 2.34. The van der Waals surface area contributed by atoms with Crippen LogP contribution in [0.15, 0.2) is 30.3 Å². The van der Waals surface area contributed by atoms with Gasteiger partial charge in [0.05, 0.1) is 5.60 Å². The first-order chi connectivity index (χ1) is 9.26. The van der Waals surface area contributed by atoms with Crippen LogP contribution in [-0.2, 0) is 11.3 Å². The van der Waals surface area contributed by atoms with Crippen molar-refractivity contribution in [3.63, 3.8) is 0 Å². The van der Waals surface area contributed by atoms with E-state index in [1.807, 2.05) is 0 Å². The molecule has 2 saturated heterocycles. The summed E-state index contributed by atoms with van der Waals surface area (Å²) in [6.07, 6.45) is 4.34. The van der Waals surface area contributed by atoms with Gasteiger partial charge in [-0.15, -0.1) is 24.8 Å². The van der Waals surface area contributed by atoms with Crippen molar-refractivity contribution in [2.45, 2.75) is 43.9 Å². The maximum Gasteiger partial charge on any atom is 0.0721 e. The molecule has 2 heterocycles. The summed E-state index contributed by atoms with van der Waals surface area (Å²) >= 11 is 0. The minimum Gasteiger partial charge on any atom is -0.375 e. The Bertz CT molecular complexity index is 408. The van der Waals surface area contributed by atoms with Gasteiger partial charge in [-0.3, -0.25) is 4.90 Å². The third-order valence-electron chi connectivity index (χ3n) is 4.55. The molecule has 0 radical (unpaired) electrons. The molecule has 1 aromatic rings. The molecule has 3 rings (SSSR count). The second-order valence-electron chi connectivity index (χ2n) is 6.05. The highest BCUT2D eigenvalue weighted by molar-refractivity contribution is 5.85. The number of hydrogen-bond donors (Lipinski definition) is 1. The van der Waals surface area contributed by atoms with Crippen molar-refractivity contribution in [1.29, 1.82) is 0 Å². The molecule has 2 fully saturated rings. The molecule has 0 bridgehead atoms. The molecular formula is C16H26Cl2N2O. The topological polar surface area (TPSA) is 38.5 Å². The van der Waals surface area contributed by atoms with E-state index in [0.29, 0.717) is 6.04 Å². The summed E-state index contributed by atoms with van der Waals surface area (Å²) in [5.41, 5.74) is 7.60. The van der Waals surface area contributed by atoms with Gasteiger partial charge < -0.3 is 10.5 Å². The number of likely N-dealkylation sites (tertiary alicyclic amines) is 1. The van der Waals surface area contributed by atoms with Crippen LogP contribution in [0.5, 0.6) is 0 Å². The van der Waals surface area contributed by atoms with Crippen molar-refractivity contribution >= 4 is 24.8 Å². The van der Waals surface area contributed by atoms with Crippen LogP contribution in [0.2, 0.25) is 0 Å². The fourth-order valence-corrected chi connectivity index (χ4v) is 3.37. The van der Waals surface area contributed by atoms with Gasteiger partial charge in [0.2, 0.25) is 0 Å². The Labute approximate surface area is 140 Å². The van der Waals surface area contributed by atoms with Gasteiger partial charge in [0.15, 0.2) is 0 Å². The third-order valence-corrected chi connectivity index (χ3v) is 4.55. The lowest BCUT2D eigenvalue weighted by atomic mass is 9.82. The SMILES string of the molecule is Cl.Cl.NC1CCOC2(CCN(Cc3ccccc3)CC2)C1. The van der Waals surface area contributed by atoms with Crippen LogP contribution in [-0.4, -0.2) is 36.2 Å². The first kappa shape index (κ1) is 18.7. The van der Waals surface area contributed by atoms with Crippen LogP contribution in [0.4, 0.5) is 0 Å². The summed E-state index contributed by atoms with van der Waals surface area (Å²) < 4.78 is 6.07. The second-order valence-corrected chi connectivity index (χ2v) is 6.05. The van der Waals surface area contributed by atoms with Crippen LogP contribution in [0.25, 0.3) is 0 Å². The number of ether oxygens (including phenoxy) is 1. The highest BCUT2D eigenvalue weighted by Gasteiger charge is 2.39. The number of halogens is 2. The first-order valence-electron chi connectivity index (χ1n) is 7.42. The summed E-state index contributed by atoms with van der Waals surface area (Å²) in [6, 6.07) is 11.1. The number of piperidine rings is 1. The van der Waals surface area contributed by atoms with Crippen molar-refractivity contribution in [3.05, 3.63) is 35.9 Å². The number of rotatable bonds is 2. The molecule has 0 aliphatic carbocycles. The molecule has 1 atom stereocenters. The third kappa shape index (κ3) is 4.83. The zero-order chi connectivity index (χ0) is 13.1. The standard InChI is InChI=1S/C16H24N2O.2ClH/c17-15-6-11-19-16(12-15)7-9-18(10-8-16)13-14-4-2-1-3-5-14;;/h1-5,15H,6-13,17H2;2*1H. The summed E-state index contributed by atoms with van der Waals surface area (Å²) in [4.78, 5) is 2.53. The van der Waals surface area contributed by atoms with E-state index in [-0.39, 0.29) is 30.4 Å². The molecule has 0 aromatic heterocycles. The van der Waals surface area contributed by atoms with E-state index in [4.69, 9.17) is 10.5 Å². The summed E-state index contributed by atoms with van der Waals surface area (Å²) in [5, 5.41) is 0. The van der Waals surface area contributed by atoms with Gasteiger partial charge in [0, 0.05) is 32.3 Å². The Kier molecular flexibility index (Phi) is 7.45. The highest BCUT2D eigenvalue weighted by atomic mass is 35.5. The number of nitrogens with zero attached hydrogens (tertiary/aromatic N) is 1. The molecule has 5 heteroatoms. The molecular weight excluding hydrogens is 307 g/mol. The lowest BCUT2D eigenvalue weighted by Crippen LogP contribution is -2.51. The van der Waals surface area contributed by atoms with E-state index in [0.717, 1.165) is 51.9 Å². The predicted molar refractivity (Wildman–Crippen MR) is 91.3 cm³/mol. The van der Waals surface area contributed by atoms with E-state index >= 15 is 0 Å². The smallest absolute Gasteiger partial charge is 0.0721 e. The molecule has 2 aliphatic rings. The molecule has 1 aromatic carbocycles. The molecule has 1 unspecified atom stereocenters. The normalized spacial score (nSPS) is 24.9. The maximum absolute atomic E-state index is 6.10. The van der Waals surface area contributed by atoms with Crippen molar-refractivity contribution < 1.29 is 4.74 Å². The van der Waals surface area contributed by atoms with E-state index in [2.05, 4.69) is 35.2 Å². The molecule has 2 aliphatic heterocycles. The van der Waals surface area contributed by atoms with Gasteiger partial charge >= 0.3 is 0 Å². The largest absolute Gasteiger partial charge is 0.375 e. The predicted octanol–water partition coefficient (Wildman–Crippen LogP) is 3.00. The molecule has 3 nitrogen and oxygen atoms in total. The maximum atomic E-state index is 6.10. The van der Waals surface area contributed by atoms with Gasteiger partial charge in [-0.1, -0.05) is 30.3 Å². The van der Waals surface area contributed by atoms with Crippen LogP contribution in [0, 0.1) is 0 Å². The van der Waals surface area contributed by atoms with E-state index in [9.17, 15) is 0 Å². The van der Waals surface area contributed by atoms with Crippen molar-refractivity contribution in [2.75, 3.05) is 19.7 Å². The van der Waals surface area contributed by atoms with Gasteiger partial charge in [-0.25, -0.2) is 0 Å². The molecule has 0 saturated carbocycles. The Morgan fingerprint density at radius 2 is 1.81 bits per heavy atom. The summed E-state index contributed by atoms with van der Waals surface area (Å²) in [7, 11) is 0.